The average molecular weight is 352 g/mol. The van der Waals surface area contributed by atoms with Gasteiger partial charge in [-0.1, -0.05) is 29.3 Å². The van der Waals surface area contributed by atoms with E-state index >= 15 is 0 Å². The minimum Gasteiger partial charge on any atom is -0.495 e. The number of aryl methyl sites for hydroxylation is 1. The van der Waals surface area contributed by atoms with Gasteiger partial charge >= 0.3 is 0 Å². The first-order chi connectivity index (χ1) is 9.86. The largest absolute Gasteiger partial charge is 0.495 e. The van der Waals surface area contributed by atoms with E-state index in [1.807, 2.05) is 0 Å². The molecule has 0 N–H and O–H groups in total. The van der Waals surface area contributed by atoms with Crippen molar-refractivity contribution in [2.75, 3.05) is 7.11 Å². The van der Waals surface area contributed by atoms with Crippen molar-refractivity contribution in [2.24, 2.45) is 0 Å². The van der Waals surface area contributed by atoms with E-state index in [1.165, 1.54) is 38.3 Å². The lowest BCUT2D eigenvalue weighted by molar-refractivity contribution is 0.415. The molecule has 1 nitrogen and oxygen atoms in total. The molecule has 1 unspecified atom stereocenters. The van der Waals surface area contributed by atoms with Crippen LogP contribution in [0.25, 0.3) is 0 Å². The molecule has 0 amide bonds. The maximum atomic E-state index is 14.2. The van der Waals surface area contributed by atoms with Gasteiger partial charge in [-0.05, 0) is 30.2 Å². The summed E-state index contributed by atoms with van der Waals surface area (Å²) in [4.78, 5) is 0. The van der Waals surface area contributed by atoms with Gasteiger partial charge in [0, 0.05) is 16.7 Å². The van der Waals surface area contributed by atoms with E-state index in [9.17, 15) is 8.78 Å². The van der Waals surface area contributed by atoms with Gasteiger partial charge in [0.1, 0.15) is 17.4 Å². The third-order valence-electron chi connectivity index (χ3n) is 3.12. The van der Waals surface area contributed by atoms with Gasteiger partial charge < -0.3 is 4.74 Å². The van der Waals surface area contributed by atoms with Crippen molar-refractivity contribution in [1.29, 1.82) is 0 Å². The molecule has 0 aromatic heterocycles. The van der Waals surface area contributed by atoms with Crippen LogP contribution in [0.5, 0.6) is 5.75 Å². The summed E-state index contributed by atoms with van der Waals surface area (Å²) in [6.07, 6.45) is 0. The van der Waals surface area contributed by atoms with Gasteiger partial charge in [-0.2, -0.15) is 0 Å². The topological polar surface area (TPSA) is 9.23 Å². The van der Waals surface area contributed by atoms with Crippen LogP contribution in [-0.4, -0.2) is 7.11 Å². The second kappa shape index (κ2) is 6.39. The molecule has 0 fully saturated rings. The lowest BCUT2D eigenvalue weighted by Crippen LogP contribution is -2.04. The Balaban J connectivity index is 2.58. The Morgan fingerprint density at radius 2 is 1.76 bits per heavy atom. The smallest absolute Gasteiger partial charge is 0.138 e. The van der Waals surface area contributed by atoms with Crippen molar-refractivity contribution < 1.29 is 13.5 Å². The standard InChI is InChI=1S/C15H11Cl3F2O/c1-7-3-4-11(19)13(15(7)20)14(18)8-5-10(17)12(21-2)6-9(8)16/h3-6,14H,1-2H3. The molecule has 0 aliphatic rings. The zero-order valence-corrected chi connectivity index (χ0v) is 13.5. The third kappa shape index (κ3) is 3.10. The zero-order valence-electron chi connectivity index (χ0n) is 11.2. The van der Waals surface area contributed by atoms with Gasteiger partial charge in [-0.25, -0.2) is 8.78 Å². The van der Waals surface area contributed by atoms with Gasteiger partial charge in [0.15, 0.2) is 0 Å². The van der Waals surface area contributed by atoms with E-state index < -0.39 is 17.0 Å². The van der Waals surface area contributed by atoms with Crippen LogP contribution in [0.2, 0.25) is 10.0 Å². The minimum atomic E-state index is -1.10. The molecule has 112 valence electrons. The fourth-order valence-corrected chi connectivity index (χ4v) is 2.91. The van der Waals surface area contributed by atoms with Crippen molar-refractivity contribution in [3.8, 4) is 5.75 Å². The number of methoxy groups -OCH3 is 1. The second-order valence-corrected chi connectivity index (χ2v) is 5.71. The highest BCUT2D eigenvalue weighted by Crippen LogP contribution is 2.41. The van der Waals surface area contributed by atoms with E-state index in [2.05, 4.69) is 0 Å². The molecule has 0 aliphatic carbocycles. The van der Waals surface area contributed by atoms with E-state index in [4.69, 9.17) is 39.5 Å². The second-order valence-electron chi connectivity index (χ2n) is 4.46. The molecule has 21 heavy (non-hydrogen) atoms. The first kappa shape index (κ1) is 16.3. The normalized spacial score (nSPS) is 12.3. The van der Waals surface area contributed by atoms with Crippen LogP contribution in [0, 0.1) is 18.6 Å². The third-order valence-corrected chi connectivity index (χ3v) is 4.19. The summed E-state index contributed by atoms with van der Waals surface area (Å²) in [5.41, 5.74) is 0.361. The molecule has 2 rings (SSSR count). The van der Waals surface area contributed by atoms with E-state index in [0.29, 0.717) is 16.9 Å². The first-order valence-electron chi connectivity index (χ1n) is 5.98. The van der Waals surface area contributed by atoms with Gasteiger partial charge in [-0.3, -0.25) is 0 Å². The van der Waals surface area contributed by atoms with Crippen molar-refractivity contribution in [3.05, 3.63) is 62.6 Å². The number of hydrogen-bond acceptors (Lipinski definition) is 1. The fourth-order valence-electron chi connectivity index (χ4n) is 1.96. The predicted molar refractivity (Wildman–Crippen MR) is 81.8 cm³/mol. The number of ether oxygens (including phenoxy) is 1. The van der Waals surface area contributed by atoms with Gasteiger partial charge in [0.05, 0.1) is 17.5 Å². The van der Waals surface area contributed by atoms with Crippen LogP contribution >= 0.6 is 34.8 Å². The molecule has 2 aromatic carbocycles. The minimum absolute atomic E-state index is 0.219. The predicted octanol–water partition coefficient (Wildman–Crippen LogP) is 5.92. The van der Waals surface area contributed by atoms with Crippen molar-refractivity contribution in [2.45, 2.75) is 12.3 Å². The fraction of sp³-hybridized carbons (Fsp3) is 0.200. The Bertz CT molecular complexity index is 689. The van der Waals surface area contributed by atoms with Gasteiger partial charge in [0.25, 0.3) is 0 Å². The van der Waals surface area contributed by atoms with Crippen LogP contribution in [0.3, 0.4) is 0 Å². The van der Waals surface area contributed by atoms with Crippen molar-refractivity contribution in [3.63, 3.8) is 0 Å². The molecule has 1 atom stereocenters. The molecule has 0 saturated heterocycles. The maximum absolute atomic E-state index is 14.2. The number of rotatable bonds is 3. The molecule has 0 radical (unpaired) electrons. The Hall–Kier alpha value is -1.03. The van der Waals surface area contributed by atoms with E-state index in [1.54, 1.807) is 0 Å². The van der Waals surface area contributed by atoms with Crippen molar-refractivity contribution >= 4 is 34.8 Å². The Kier molecular flexibility index (Phi) is 4.97. The summed E-state index contributed by atoms with van der Waals surface area (Å²) in [5, 5.41) is -0.617. The molecule has 0 aliphatic heterocycles. The van der Waals surface area contributed by atoms with Gasteiger partial charge in [0.2, 0.25) is 0 Å². The molecule has 0 spiro atoms. The number of benzene rings is 2. The van der Waals surface area contributed by atoms with E-state index in [-0.39, 0.29) is 15.6 Å². The van der Waals surface area contributed by atoms with Crippen LogP contribution < -0.4 is 4.74 Å². The lowest BCUT2D eigenvalue weighted by Gasteiger charge is -2.16. The number of hydrogen-bond donors (Lipinski definition) is 0. The first-order valence-corrected chi connectivity index (χ1v) is 7.17. The molecule has 6 heteroatoms. The summed E-state index contributed by atoms with van der Waals surface area (Å²) >= 11 is 18.3. The summed E-state index contributed by atoms with van der Waals surface area (Å²) in [6.45, 7) is 1.53. The average Bonchev–Trinajstić information content (AvgIpc) is 2.45. The maximum Gasteiger partial charge on any atom is 0.138 e. The molecule has 2 aromatic rings. The summed E-state index contributed by atoms with van der Waals surface area (Å²) in [6, 6.07) is 5.42. The van der Waals surface area contributed by atoms with E-state index in [0.717, 1.165) is 0 Å². The highest BCUT2D eigenvalue weighted by molar-refractivity contribution is 6.36. The summed E-state index contributed by atoms with van der Waals surface area (Å²) in [7, 11) is 1.44. The Labute approximate surface area is 136 Å². The Morgan fingerprint density at radius 3 is 2.38 bits per heavy atom. The molecular formula is C15H11Cl3F2O. The highest BCUT2D eigenvalue weighted by atomic mass is 35.5. The zero-order chi connectivity index (χ0) is 15.7. The summed E-state index contributed by atoms with van der Waals surface area (Å²) in [5.74, 6) is -1.07. The molecule has 0 bridgehead atoms. The monoisotopic (exact) mass is 350 g/mol. The van der Waals surface area contributed by atoms with Crippen LogP contribution in [0.4, 0.5) is 8.78 Å². The van der Waals surface area contributed by atoms with Crippen LogP contribution in [0.15, 0.2) is 24.3 Å². The van der Waals surface area contributed by atoms with Gasteiger partial charge in [-0.15, -0.1) is 11.6 Å². The quantitative estimate of drug-likeness (QED) is 0.624. The number of halogens is 5. The highest BCUT2D eigenvalue weighted by Gasteiger charge is 2.24. The Morgan fingerprint density at radius 1 is 1.10 bits per heavy atom. The van der Waals surface area contributed by atoms with Crippen LogP contribution in [-0.2, 0) is 0 Å². The van der Waals surface area contributed by atoms with Crippen LogP contribution in [0.1, 0.15) is 22.1 Å². The molecular weight excluding hydrogens is 341 g/mol. The SMILES string of the molecule is COc1cc(Cl)c(C(Cl)c2c(F)ccc(C)c2F)cc1Cl. The number of alkyl halides is 1. The van der Waals surface area contributed by atoms with Crippen molar-refractivity contribution in [1.82, 2.24) is 0 Å². The molecule has 0 saturated carbocycles. The lowest BCUT2D eigenvalue weighted by atomic mass is 10.0. The summed E-state index contributed by atoms with van der Waals surface area (Å²) < 4.78 is 33.1. The molecule has 0 heterocycles.